The number of piperidine rings is 1. The molecule has 0 spiro atoms. The molecule has 0 saturated carbocycles. The Morgan fingerprint density at radius 1 is 1.00 bits per heavy atom. The Labute approximate surface area is 44.3 Å². The van der Waals surface area contributed by atoms with E-state index < -0.39 is 0 Å². The maximum absolute atomic E-state index is 8.74. The number of hydrogen-bond donors (Lipinski definition) is 0. The smallest absolute Gasteiger partial charge is 0.0162 e. The zero-order chi connectivity index (χ0) is 5.11. The highest BCUT2D eigenvalue weighted by Crippen LogP contribution is 2.03. The van der Waals surface area contributed by atoms with Gasteiger partial charge in [0.1, 0.15) is 0 Å². The van der Waals surface area contributed by atoms with Crippen molar-refractivity contribution in [1.82, 2.24) is 10.9 Å². The first-order chi connectivity index (χ1) is 3.39. The predicted molar refractivity (Wildman–Crippen MR) is 27.6 cm³/mol. The zero-order valence-corrected chi connectivity index (χ0v) is 4.43. The Morgan fingerprint density at radius 2 is 1.57 bits per heavy atom. The van der Waals surface area contributed by atoms with Crippen molar-refractivity contribution in [2.24, 2.45) is 0 Å². The summed E-state index contributed by atoms with van der Waals surface area (Å²) in [5.74, 6) is 8.74. The van der Waals surface area contributed by atoms with E-state index in [0.29, 0.717) is 0 Å². The maximum atomic E-state index is 8.74. The van der Waals surface area contributed by atoms with Gasteiger partial charge < -0.3 is 0 Å². The van der Waals surface area contributed by atoms with Crippen LogP contribution >= 0.6 is 0 Å². The van der Waals surface area contributed by atoms with E-state index in [0.717, 1.165) is 25.9 Å². The molecule has 1 saturated heterocycles. The summed E-state index contributed by atoms with van der Waals surface area (Å²) in [7, 11) is 0. The van der Waals surface area contributed by atoms with Crippen molar-refractivity contribution in [1.29, 1.82) is 0 Å². The SMILES string of the molecule is [N]N1CCCCC1. The van der Waals surface area contributed by atoms with E-state index in [1.807, 2.05) is 0 Å². The fourth-order valence-corrected chi connectivity index (χ4v) is 0.877. The van der Waals surface area contributed by atoms with Crippen LogP contribution in [0, 0.1) is 0 Å². The first-order valence-electron chi connectivity index (χ1n) is 2.83. The molecule has 0 N–H and O–H groups in total. The standard InChI is InChI=1S/C5H10N2/c6-7-4-2-1-3-5-7/h1-5H2. The van der Waals surface area contributed by atoms with Crippen LogP contribution < -0.4 is 5.84 Å². The summed E-state index contributed by atoms with van der Waals surface area (Å²) in [6.07, 6.45) is 3.62. The predicted octanol–water partition coefficient (Wildman–Crippen LogP) is 0.456. The third-order valence-electron chi connectivity index (χ3n) is 1.33. The third kappa shape index (κ3) is 1.45. The van der Waals surface area contributed by atoms with Gasteiger partial charge in [0, 0.05) is 13.1 Å². The van der Waals surface area contributed by atoms with Crippen LogP contribution in [-0.2, 0) is 0 Å². The minimum absolute atomic E-state index is 0.875. The van der Waals surface area contributed by atoms with Crippen LogP contribution in [0.4, 0.5) is 0 Å². The summed E-state index contributed by atoms with van der Waals surface area (Å²) in [6, 6.07) is 0. The van der Waals surface area contributed by atoms with Crippen molar-refractivity contribution in [3.05, 3.63) is 0 Å². The van der Waals surface area contributed by atoms with Gasteiger partial charge in [-0.3, -0.25) is 0 Å². The monoisotopic (exact) mass is 98.1 g/mol. The van der Waals surface area contributed by atoms with Crippen molar-refractivity contribution >= 4 is 0 Å². The van der Waals surface area contributed by atoms with Crippen molar-refractivity contribution in [2.45, 2.75) is 19.3 Å². The lowest BCUT2D eigenvalue weighted by atomic mass is 10.2. The molecule has 1 aliphatic rings. The summed E-state index contributed by atoms with van der Waals surface area (Å²) >= 11 is 0. The molecule has 0 aromatic heterocycles. The fraction of sp³-hybridized carbons (Fsp3) is 1.00. The Kier molecular flexibility index (Phi) is 1.65. The van der Waals surface area contributed by atoms with Crippen LogP contribution in [0.15, 0.2) is 0 Å². The van der Waals surface area contributed by atoms with E-state index in [9.17, 15) is 0 Å². The lowest BCUT2D eigenvalue weighted by Gasteiger charge is -2.17. The Morgan fingerprint density at radius 3 is 1.86 bits per heavy atom. The molecule has 0 amide bonds. The summed E-state index contributed by atoms with van der Waals surface area (Å²) in [5.41, 5.74) is 0. The van der Waals surface area contributed by atoms with Crippen molar-refractivity contribution in [3.8, 4) is 0 Å². The first-order valence-corrected chi connectivity index (χ1v) is 2.83. The molecule has 40 valence electrons. The molecule has 0 aromatic carbocycles. The van der Waals surface area contributed by atoms with Crippen LogP contribution in [0.25, 0.3) is 0 Å². The fourth-order valence-electron chi connectivity index (χ4n) is 0.877. The van der Waals surface area contributed by atoms with Gasteiger partial charge in [0.15, 0.2) is 0 Å². The first kappa shape index (κ1) is 5.06. The molecule has 1 fully saturated rings. The summed E-state index contributed by atoms with van der Waals surface area (Å²) < 4.78 is 0. The van der Waals surface area contributed by atoms with Gasteiger partial charge in [-0.25, -0.2) is 5.01 Å². The summed E-state index contributed by atoms with van der Waals surface area (Å²) in [5, 5.41) is 1.39. The molecule has 0 bridgehead atoms. The van der Waals surface area contributed by atoms with Crippen LogP contribution in [0.1, 0.15) is 19.3 Å². The molecule has 0 aromatic rings. The third-order valence-corrected chi connectivity index (χ3v) is 1.33. The minimum Gasteiger partial charge on any atom is -0.208 e. The molecular weight excluding hydrogens is 88.1 g/mol. The molecule has 1 heterocycles. The number of hydrogen-bond acceptors (Lipinski definition) is 1. The number of nitrogens with zero attached hydrogens (tertiary/aromatic N) is 2. The van der Waals surface area contributed by atoms with Gasteiger partial charge >= 0.3 is 0 Å². The van der Waals surface area contributed by atoms with Crippen LogP contribution in [0.5, 0.6) is 0 Å². The topological polar surface area (TPSA) is 25.5 Å². The quantitative estimate of drug-likeness (QED) is 0.432. The normalized spacial score (nSPS) is 25.3. The van der Waals surface area contributed by atoms with Gasteiger partial charge in [0.2, 0.25) is 0 Å². The Bertz CT molecular complexity index is 48.0. The molecule has 1 rings (SSSR count). The van der Waals surface area contributed by atoms with Crippen molar-refractivity contribution in [2.75, 3.05) is 13.1 Å². The minimum atomic E-state index is 0.875. The largest absolute Gasteiger partial charge is 0.208 e. The second kappa shape index (κ2) is 2.28. The Hall–Kier alpha value is -0.0800. The molecule has 2 nitrogen and oxygen atoms in total. The van der Waals surface area contributed by atoms with Crippen LogP contribution in [0.2, 0.25) is 0 Å². The van der Waals surface area contributed by atoms with E-state index >= 15 is 0 Å². The zero-order valence-electron chi connectivity index (χ0n) is 4.43. The average Bonchev–Trinajstić information content (AvgIpc) is 1.69. The highest BCUT2D eigenvalue weighted by Gasteiger charge is 2.04. The van der Waals surface area contributed by atoms with E-state index in [1.165, 1.54) is 11.4 Å². The second-order valence-electron chi connectivity index (χ2n) is 2.01. The summed E-state index contributed by atoms with van der Waals surface area (Å²) in [6.45, 7) is 1.75. The van der Waals surface area contributed by atoms with E-state index in [4.69, 9.17) is 5.84 Å². The van der Waals surface area contributed by atoms with Crippen LogP contribution in [0.3, 0.4) is 0 Å². The molecule has 0 atom stereocenters. The number of rotatable bonds is 0. The lowest BCUT2D eigenvalue weighted by Crippen LogP contribution is -2.27. The van der Waals surface area contributed by atoms with E-state index in [-0.39, 0.29) is 0 Å². The molecule has 7 heavy (non-hydrogen) atoms. The van der Waals surface area contributed by atoms with Crippen molar-refractivity contribution in [3.63, 3.8) is 0 Å². The van der Waals surface area contributed by atoms with Gasteiger partial charge in [0.05, 0.1) is 0 Å². The molecule has 2 radical (unpaired) electrons. The van der Waals surface area contributed by atoms with Crippen LogP contribution in [-0.4, -0.2) is 18.1 Å². The molecule has 2 heteroatoms. The average molecular weight is 98.1 g/mol. The van der Waals surface area contributed by atoms with Crippen molar-refractivity contribution < 1.29 is 0 Å². The maximum Gasteiger partial charge on any atom is 0.0162 e. The van der Waals surface area contributed by atoms with Gasteiger partial charge in [-0.2, -0.15) is 0 Å². The lowest BCUT2D eigenvalue weighted by molar-refractivity contribution is 0.221. The second-order valence-corrected chi connectivity index (χ2v) is 2.01. The summed E-state index contributed by atoms with van der Waals surface area (Å²) in [4.78, 5) is 0. The van der Waals surface area contributed by atoms with Gasteiger partial charge in [0.25, 0.3) is 0 Å². The van der Waals surface area contributed by atoms with Gasteiger partial charge in [-0.1, -0.05) is 6.42 Å². The van der Waals surface area contributed by atoms with Gasteiger partial charge in [-0.15, -0.1) is 0 Å². The molecule has 1 aliphatic heterocycles. The molecule has 0 unspecified atom stereocenters. The highest BCUT2D eigenvalue weighted by atomic mass is 15.4. The Balaban J connectivity index is 2.12. The van der Waals surface area contributed by atoms with Gasteiger partial charge in [-0.05, 0) is 18.7 Å². The van der Waals surface area contributed by atoms with E-state index in [2.05, 4.69) is 0 Å². The molecular formula is C5H10N2. The highest BCUT2D eigenvalue weighted by molar-refractivity contribution is 4.56. The van der Waals surface area contributed by atoms with E-state index in [1.54, 1.807) is 0 Å². The molecule has 0 aliphatic carbocycles.